The molecule has 0 unspecified atom stereocenters. The maximum Gasteiger partial charge on any atom is 0.0995 e. The number of rotatable bonds is 5. The molecule has 1 aromatic rings. The molecule has 0 aliphatic carbocycles. The molecule has 0 fully saturated rings. The molecular formula is C11H14N2O. The lowest BCUT2D eigenvalue weighted by Gasteiger charge is -2.04. The Hall–Kier alpha value is -1.37. The Morgan fingerprint density at radius 2 is 2.14 bits per heavy atom. The first-order valence-electron chi connectivity index (χ1n) is 4.64. The largest absolute Gasteiger partial charge is 0.377 e. The molecule has 74 valence electrons. The molecule has 0 aromatic heterocycles. The molecule has 0 saturated carbocycles. The molecule has 3 heteroatoms. The van der Waals surface area contributed by atoms with Gasteiger partial charge in [-0.1, -0.05) is 18.2 Å². The number of benzene rings is 1. The van der Waals surface area contributed by atoms with Crippen LogP contribution in [0.1, 0.15) is 17.5 Å². The smallest absolute Gasteiger partial charge is 0.0995 e. The number of nitriles is 1. The molecular weight excluding hydrogens is 176 g/mol. The first-order valence-corrected chi connectivity index (χ1v) is 4.64. The summed E-state index contributed by atoms with van der Waals surface area (Å²) in [6, 6.07) is 9.58. The molecule has 0 spiro atoms. The van der Waals surface area contributed by atoms with Crippen LogP contribution in [0, 0.1) is 11.3 Å². The van der Waals surface area contributed by atoms with E-state index in [2.05, 4.69) is 6.07 Å². The number of nitrogens with zero attached hydrogens (tertiary/aromatic N) is 1. The first-order chi connectivity index (χ1) is 6.88. The molecule has 14 heavy (non-hydrogen) atoms. The van der Waals surface area contributed by atoms with E-state index in [0.29, 0.717) is 25.3 Å². The summed E-state index contributed by atoms with van der Waals surface area (Å²) < 4.78 is 5.37. The fourth-order valence-electron chi connectivity index (χ4n) is 1.12. The van der Waals surface area contributed by atoms with Crippen molar-refractivity contribution in [1.29, 1.82) is 5.26 Å². The SMILES string of the molecule is N#Cc1ccccc1COCCCN. The third-order valence-corrected chi connectivity index (χ3v) is 1.89. The van der Waals surface area contributed by atoms with Gasteiger partial charge in [0.15, 0.2) is 0 Å². The highest BCUT2D eigenvalue weighted by molar-refractivity contribution is 5.36. The van der Waals surface area contributed by atoms with Gasteiger partial charge < -0.3 is 10.5 Å². The second-order valence-corrected chi connectivity index (χ2v) is 2.96. The summed E-state index contributed by atoms with van der Waals surface area (Å²) in [5, 5.41) is 8.80. The molecule has 1 rings (SSSR count). The summed E-state index contributed by atoms with van der Waals surface area (Å²) in [5.41, 5.74) is 6.95. The summed E-state index contributed by atoms with van der Waals surface area (Å²) in [5.74, 6) is 0. The van der Waals surface area contributed by atoms with Crippen molar-refractivity contribution in [1.82, 2.24) is 0 Å². The molecule has 0 bridgehead atoms. The second kappa shape index (κ2) is 6.14. The first kappa shape index (κ1) is 10.7. The fourth-order valence-corrected chi connectivity index (χ4v) is 1.12. The Morgan fingerprint density at radius 3 is 2.86 bits per heavy atom. The predicted octanol–water partition coefficient (Wildman–Crippen LogP) is 1.42. The monoisotopic (exact) mass is 190 g/mol. The van der Waals surface area contributed by atoms with E-state index in [1.165, 1.54) is 0 Å². The standard InChI is InChI=1S/C11H14N2O/c12-6-3-7-14-9-11-5-2-1-4-10(11)8-13/h1-2,4-5H,3,6-7,9,12H2. The molecule has 0 aliphatic heterocycles. The Labute approximate surface area is 84.1 Å². The summed E-state index contributed by atoms with van der Waals surface area (Å²) in [6.45, 7) is 1.78. The number of hydrogen-bond donors (Lipinski definition) is 1. The zero-order valence-corrected chi connectivity index (χ0v) is 8.07. The molecule has 0 amide bonds. The number of hydrogen-bond acceptors (Lipinski definition) is 3. The lowest BCUT2D eigenvalue weighted by molar-refractivity contribution is 0.120. The van der Waals surface area contributed by atoms with Crippen LogP contribution in [0.25, 0.3) is 0 Å². The van der Waals surface area contributed by atoms with Gasteiger partial charge in [-0.05, 0) is 24.6 Å². The van der Waals surface area contributed by atoms with E-state index in [4.69, 9.17) is 15.7 Å². The normalized spacial score (nSPS) is 9.71. The van der Waals surface area contributed by atoms with E-state index in [-0.39, 0.29) is 0 Å². The van der Waals surface area contributed by atoms with Crippen molar-refractivity contribution in [3.05, 3.63) is 35.4 Å². The predicted molar refractivity (Wildman–Crippen MR) is 54.5 cm³/mol. The Bertz CT molecular complexity index is 317. The van der Waals surface area contributed by atoms with Gasteiger partial charge in [0.25, 0.3) is 0 Å². The van der Waals surface area contributed by atoms with Crippen molar-refractivity contribution >= 4 is 0 Å². The van der Waals surface area contributed by atoms with E-state index in [9.17, 15) is 0 Å². The van der Waals surface area contributed by atoms with Crippen LogP contribution >= 0.6 is 0 Å². The molecule has 0 saturated heterocycles. The Kier molecular flexibility index (Phi) is 4.70. The molecule has 0 aliphatic rings. The highest BCUT2D eigenvalue weighted by Crippen LogP contribution is 2.08. The van der Waals surface area contributed by atoms with Gasteiger partial charge in [-0.3, -0.25) is 0 Å². The maximum absolute atomic E-state index is 8.80. The van der Waals surface area contributed by atoms with Crippen LogP contribution in [-0.4, -0.2) is 13.2 Å². The van der Waals surface area contributed by atoms with Crippen molar-refractivity contribution in [3.63, 3.8) is 0 Å². The van der Waals surface area contributed by atoms with E-state index < -0.39 is 0 Å². The van der Waals surface area contributed by atoms with Crippen molar-refractivity contribution in [3.8, 4) is 6.07 Å². The van der Waals surface area contributed by atoms with Gasteiger partial charge >= 0.3 is 0 Å². The zero-order valence-electron chi connectivity index (χ0n) is 8.07. The minimum Gasteiger partial charge on any atom is -0.377 e. The number of ether oxygens (including phenoxy) is 1. The zero-order chi connectivity index (χ0) is 10.2. The quantitative estimate of drug-likeness (QED) is 0.714. The molecule has 0 heterocycles. The van der Waals surface area contributed by atoms with E-state index in [1.807, 2.05) is 18.2 Å². The van der Waals surface area contributed by atoms with Crippen LogP contribution in [0.2, 0.25) is 0 Å². The lowest BCUT2D eigenvalue weighted by Crippen LogP contribution is -2.04. The van der Waals surface area contributed by atoms with Crippen molar-refractivity contribution in [2.24, 2.45) is 5.73 Å². The highest BCUT2D eigenvalue weighted by atomic mass is 16.5. The van der Waals surface area contributed by atoms with Crippen LogP contribution < -0.4 is 5.73 Å². The van der Waals surface area contributed by atoms with Crippen LogP contribution in [-0.2, 0) is 11.3 Å². The molecule has 0 atom stereocenters. The van der Waals surface area contributed by atoms with Crippen molar-refractivity contribution in [2.45, 2.75) is 13.0 Å². The lowest BCUT2D eigenvalue weighted by atomic mass is 10.1. The maximum atomic E-state index is 8.80. The average Bonchev–Trinajstić information content (AvgIpc) is 2.25. The van der Waals surface area contributed by atoms with E-state index >= 15 is 0 Å². The van der Waals surface area contributed by atoms with Gasteiger partial charge in [0, 0.05) is 6.61 Å². The summed E-state index contributed by atoms with van der Waals surface area (Å²) in [7, 11) is 0. The molecule has 2 N–H and O–H groups in total. The Balaban J connectivity index is 2.46. The van der Waals surface area contributed by atoms with Gasteiger partial charge in [-0.15, -0.1) is 0 Å². The summed E-state index contributed by atoms with van der Waals surface area (Å²) in [4.78, 5) is 0. The van der Waals surface area contributed by atoms with E-state index in [1.54, 1.807) is 6.07 Å². The van der Waals surface area contributed by atoms with Crippen molar-refractivity contribution in [2.75, 3.05) is 13.2 Å². The molecule has 3 nitrogen and oxygen atoms in total. The number of nitrogens with two attached hydrogens (primary N) is 1. The van der Waals surface area contributed by atoms with Crippen LogP contribution in [0.4, 0.5) is 0 Å². The van der Waals surface area contributed by atoms with Gasteiger partial charge in [-0.2, -0.15) is 5.26 Å². The summed E-state index contributed by atoms with van der Waals surface area (Å²) >= 11 is 0. The van der Waals surface area contributed by atoms with Crippen LogP contribution in [0.5, 0.6) is 0 Å². The van der Waals surface area contributed by atoms with Gasteiger partial charge in [-0.25, -0.2) is 0 Å². The van der Waals surface area contributed by atoms with Crippen molar-refractivity contribution < 1.29 is 4.74 Å². The van der Waals surface area contributed by atoms with Crippen LogP contribution in [0.3, 0.4) is 0 Å². The molecule has 0 radical (unpaired) electrons. The Morgan fingerprint density at radius 1 is 1.36 bits per heavy atom. The van der Waals surface area contributed by atoms with Gasteiger partial charge in [0.2, 0.25) is 0 Å². The average molecular weight is 190 g/mol. The second-order valence-electron chi connectivity index (χ2n) is 2.96. The van der Waals surface area contributed by atoms with Gasteiger partial charge in [0.1, 0.15) is 0 Å². The van der Waals surface area contributed by atoms with Crippen LogP contribution in [0.15, 0.2) is 24.3 Å². The minimum atomic E-state index is 0.490. The third-order valence-electron chi connectivity index (χ3n) is 1.89. The minimum absolute atomic E-state index is 0.490. The fraction of sp³-hybridized carbons (Fsp3) is 0.364. The highest BCUT2D eigenvalue weighted by Gasteiger charge is 1.99. The third kappa shape index (κ3) is 3.17. The van der Waals surface area contributed by atoms with E-state index in [0.717, 1.165) is 12.0 Å². The van der Waals surface area contributed by atoms with Gasteiger partial charge in [0.05, 0.1) is 18.2 Å². The molecule has 1 aromatic carbocycles. The summed E-state index contributed by atoms with van der Waals surface area (Å²) in [6.07, 6.45) is 0.856. The topological polar surface area (TPSA) is 59.0 Å².